The van der Waals surface area contributed by atoms with Crippen LogP contribution in [0.1, 0.15) is 11.1 Å². The van der Waals surface area contributed by atoms with E-state index in [1.807, 2.05) is 0 Å². The minimum atomic E-state index is 1.07. The molecule has 0 atom stereocenters. The maximum atomic E-state index is 4.39. The van der Waals surface area contributed by atoms with Crippen LogP contribution < -0.4 is 5.32 Å². The summed E-state index contributed by atoms with van der Waals surface area (Å²) in [7, 11) is 0. The molecule has 0 saturated carbocycles. The fourth-order valence-electron chi connectivity index (χ4n) is 2.18. The van der Waals surface area contributed by atoms with Gasteiger partial charge in [-0.25, -0.2) is 4.98 Å². The number of H-pyrrole nitrogens is 1. The van der Waals surface area contributed by atoms with Crippen molar-refractivity contribution in [3.63, 3.8) is 0 Å². The molecule has 3 nitrogen and oxygen atoms in total. The quantitative estimate of drug-likeness (QED) is 0.651. The van der Waals surface area contributed by atoms with Gasteiger partial charge in [0.05, 0.1) is 17.4 Å². The molecule has 1 aliphatic heterocycles. The summed E-state index contributed by atoms with van der Waals surface area (Å²) >= 11 is 0. The van der Waals surface area contributed by atoms with Crippen molar-refractivity contribution in [3.05, 3.63) is 29.6 Å². The number of hydrogen-bond acceptors (Lipinski definition) is 2. The summed E-state index contributed by atoms with van der Waals surface area (Å²) in [4.78, 5) is 7.55. The highest BCUT2D eigenvalue weighted by molar-refractivity contribution is 5.79. The standard InChI is InChI=1S/C11H13N3/c1-2-10-11(14-7-13-10)9-4-6-12-5-3-8(1)9/h1-2,7,12H,3-6H2,(H,13,14). The van der Waals surface area contributed by atoms with Gasteiger partial charge in [-0.15, -0.1) is 0 Å². The fourth-order valence-corrected chi connectivity index (χ4v) is 2.18. The van der Waals surface area contributed by atoms with Gasteiger partial charge in [0.2, 0.25) is 0 Å². The maximum Gasteiger partial charge on any atom is 0.0931 e. The molecule has 1 aromatic heterocycles. The Bertz CT molecular complexity index is 459. The second-order valence-electron chi connectivity index (χ2n) is 3.75. The average molecular weight is 187 g/mol. The molecule has 0 saturated heterocycles. The predicted octanol–water partition coefficient (Wildman–Crippen LogP) is 1.25. The number of aromatic amines is 1. The smallest absolute Gasteiger partial charge is 0.0931 e. The Morgan fingerprint density at radius 1 is 1.14 bits per heavy atom. The summed E-state index contributed by atoms with van der Waals surface area (Å²) in [5.74, 6) is 0. The number of rotatable bonds is 0. The van der Waals surface area contributed by atoms with Gasteiger partial charge in [0, 0.05) is 0 Å². The predicted molar refractivity (Wildman–Crippen MR) is 56.4 cm³/mol. The van der Waals surface area contributed by atoms with Gasteiger partial charge < -0.3 is 10.3 Å². The number of hydrogen-bond donors (Lipinski definition) is 2. The minimum absolute atomic E-state index is 1.07. The summed E-state index contributed by atoms with van der Waals surface area (Å²) in [5, 5.41) is 3.41. The summed E-state index contributed by atoms with van der Waals surface area (Å²) in [5.41, 5.74) is 5.19. The molecular weight excluding hydrogens is 174 g/mol. The molecule has 2 N–H and O–H groups in total. The molecule has 0 aliphatic carbocycles. The van der Waals surface area contributed by atoms with Gasteiger partial charge in [-0.05, 0) is 43.1 Å². The zero-order chi connectivity index (χ0) is 9.38. The third-order valence-electron chi connectivity index (χ3n) is 2.92. The Labute approximate surface area is 82.5 Å². The van der Waals surface area contributed by atoms with E-state index in [0.29, 0.717) is 0 Å². The van der Waals surface area contributed by atoms with E-state index in [4.69, 9.17) is 0 Å². The van der Waals surface area contributed by atoms with E-state index in [1.54, 1.807) is 6.33 Å². The molecule has 3 rings (SSSR count). The Kier molecular flexibility index (Phi) is 1.77. The van der Waals surface area contributed by atoms with Crippen LogP contribution in [0, 0.1) is 0 Å². The molecule has 72 valence electrons. The van der Waals surface area contributed by atoms with Crippen LogP contribution in [0.3, 0.4) is 0 Å². The van der Waals surface area contributed by atoms with Gasteiger partial charge >= 0.3 is 0 Å². The number of nitrogens with zero attached hydrogens (tertiary/aromatic N) is 1. The zero-order valence-corrected chi connectivity index (χ0v) is 8.01. The fraction of sp³-hybridized carbons (Fsp3) is 0.364. The number of benzene rings is 1. The van der Waals surface area contributed by atoms with Crippen LogP contribution in [-0.2, 0) is 12.8 Å². The van der Waals surface area contributed by atoms with E-state index < -0.39 is 0 Å². The van der Waals surface area contributed by atoms with Crippen molar-refractivity contribution < 1.29 is 0 Å². The molecule has 0 fully saturated rings. The summed E-state index contributed by atoms with van der Waals surface area (Å²) in [6.45, 7) is 2.15. The Hall–Kier alpha value is -1.35. The molecule has 0 bridgehead atoms. The molecule has 2 aromatic rings. The lowest BCUT2D eigenvalue weighted by molar-refractivity contribution is 0.711. The Morgan fingerprint density at radius 2 is 2.07 bits per heavy atom. The Balaban J connectivity index is 2.26. The molecule has 0 amide bonds. The van der Waals surface area contributed by atoms with Crippen LogP contribution in [0.5, 0.6) is 0 Å². The van der Waals surface area contributed by atoms with Crippen molar-refractivity contribution in [3.8, 4) is 0 Å². The topological polar surface area (TPSA) is 40.7 Å². The van der Waals surface area contributed by atoms with Crippen LogP contribution in [0.25, 0.3) is 11.0 Å². The second kappa shape index (κ2) is 3.10. The van der Waals surface area contributed by atoms with Crippen molar-refractivity contribution in [1.29, 1.82) is 0 Å². The van der Waals surface area contributed by atoms with Crippen molar-refractivity contribution in [1.82, 2.24) is 15.3 Å². The van der Waals surface area contributed by atoms with Crippen molar-refractivity contribution in [2.24, 2.45) is 0 Å². The summed E-state index contributed by atoms with van der Waals surface area (Å²) < 4.78 is 0. The molecule has 0 radical (unpaired) electrons. The van der Waals surface area contributed by atoms with E-state index in [-0.39, 0.29) is 0 Å². The number of nitrogens with one attached hydrogen (secondary N) is 2. The van der Waals surface area contributed by atoms with Gasteiger partial charge in [-0.1, -0.05) is 6.07 Å². The third-order valence-corrected chi connectivity index (χ3v) is 2.92. The minimum Gasteiger partial charge on any atom is -0.345 e. The van der Waals surface area contributed by atoms with Crippen molar-refractivity contribution >= 4 is 11.0 Å². The van der Waals surface area contributed by atoms with Gasteiger partial charge in [-0.3, -0.25) is 0 Å². The maximum absolute atomic E-state index is 4.39. The van der Waals surface area contributed by atoms with E-state index in [0.717, 1.165) is 37.0 Å². The van der Waals surface area contributed by atoms with Crippen LogP contribution >= 0.6 is 0 Å². The van der Waals surface area contributed by atoms with Crippen LogP contribution in [-0.4, -0.2) is 23.1 Å². The Morgan fingerprint density at radius 3 is 3.07 bits per heavy atom. The molecule has 0 unspecified atom stereocenters. The molecular formula is C11H13N3. The van der Waals surface area contributed by atoms with E-state index in [9.17, 15) is 0 Å². The van der Waals surface area contributed by atoms with E-state index >= 15 is 0 Å². The molecule has 1 aliphatic rings. The monoisotopic (exact) mass is 187 g/mol. The van der Waals surface area contributed by atoms with Crippen LogP contribution in [0.15, 0.2) is 18.5 Å². The van der Waals surface area contributed by atoms with E-state index in [1.165, 1.54) is 11.1 Å². The molecule has 0 spiro atoms. The van der Waals surface area contributed by atoms with Crippen LogP contribution in [0.2, 0.25) is 0 Å². The van der Waals surface area contributed by atoms with Gasteiger partial charge in [-0.2, -0.15) is 0 Å². The highest BCUT2D eigenvalue weighted by Gasteiger charge is 2.11. The second-order valence-corrected chi connectivity index (χ2v) is 3.75. The van der Waals surface area contributed by atoms with Crippen molar-refractivity contribution in [2.45, 2.75) is 12.8 Å². The number of aromatic nitrogens is 2. The largest absolute Gasteiger partial charge is 0.345 e. The molecule has 14 heavy (non-hydrogen) atoms. The summed E-state index contributed by atoms with van der Waals surface area (Å²) in [6, 6.07) is 4.36. The number of imidazole rings is 1. The SMILES string of the molecule is c1nc2c3c(ccc2[nH]1)CCNCC3. The molecule has 1 aromatic carbocycles. The lowest BCUT2D eigenvalue weighted by atomic mass is 10.0. The van der Waals surface area contributed by atoms with Gasteiger partial charge in [0.15, 0.2) is 0 Å². The van der Waals surface area contributed by atoms with Crippen LogP contribution in [0.4, 0.5) is 0 Å². The lowest BCUT2D eigenvalue weighted by Gasteiger charge is -2.04. The first-order chi connectivity index (χ1) is 6.95. The molecule has 3 heteroatoms. The highest BCUT2D eigenvalue weighted by atomic mass is 14.9. The van der Waals surface area contributed by atoms with E-state index in [2.05, 4.69) is 27.4 Å². The molecule has 2 heterocycles. The lowest BCUT2D eigenvalue weighted by Crippen LogP contribution is -2.16. The average Bonchev–Trinajstić information content (AvgIpc) is 2.55. The number of fused-ring (bicyclic) bond motifs is 3. The van der Waals surface area contributed by atoms with Crippen molar-refractivity contribution in [2.75, 3.05) is 13.1 Å². The van der Waals surface area contributed by atoms with Gasteiger partial charge in [0.25, 0.3) is 0 Å². The first kappa shape index (κ1) is 8.00. The highest BCUT2D eigenvalue weighted by Crippen LogP contribution is 2.21. The normalized spacial score (nSPS) is 16.6. The third kappa shape index (κ3) is 1.13. The van der Waals surface area contributed by atoms with Gasteiger partial charge in [0.1, 0.15) is 0 Å². The summed E-state index contributed by atoms with van der Waals surface area (Å²) in [6.07, 6.45) is 4.00. The first-order valence-electron chi connectivity index (χ1n) is 5.10. The zero-order valence-electron chi connectivity index (χ0n) is 8.01. The first-order valence-corrected chi connectivity index (χ1v) is 5.10.